The molecule has 0 aliphatic carbocycles. The van der Waals surface area contributed by atoms with Gasteiger partial charge >= 0.3 is 11.9 Å². The molecule has 10 nitrogen and oxygen atoms in total. The third kappa shape index (κ3) is 6.83. The summed E-state index contributed by atoms with van der Waals surface area (Å²) in [4.78, 5) is 59.2. The number of hydrogen-bond acceptors (Lipinski definition) is 5. The Hall–Kier alpha value is -4.12. The zero-order chi connectivity index (χ0) is 32.3. The molecule has 0 radical (unpaired) electrons. The van der Waals surface area contributed by atoms with Gasteiger partial charge < -0.3 is 25.5 Å². The highest BCUT2D eigenvalue weighted by molar-refractivity contribution is 7.80. The third-order valence-corrected chi connectivity index (χ3v) is 9.06. The van der Waals surface area contributed by atoms with Crippen molar-refractivity contribution in [1.82, 2.24) is 15.3 Å². The fraction of sp³-hybridized carbons (Fsp3) is 0.424. The molecular formula is C33H40N4O6S. The van der Waals surface area contributed by atoms with E-state index in [1.165, 1.54) is 6.08 Å². The minimum Gasteiger partial charge on any atom is -0.481 e. The number of aliphatic carboxylic acids is 2. The number of nitrogens with one attached hydrogen (secondary N) is 3. The van der Waals surface area contributed by atoms with Crippen LogP contribution in [0.5, 0.6) is 0 Å². The minimum atomic E-state index is -0.906. The highest BCUT2D eigenvalue weighted by Crippen LogP contribution is 2.31. The van der Waals surface area contributed by atoms with E-state index < -0.39 is 11.9 Å². The number of aromatic amines is 2. The third-order valence-electron chi connectivity index (χ3n) is 8.87. The normalized spacial score (nSPS) is 19.2. The summed E-state index contributed by atoms with van der Waals surface area (Å²) >= 11 is 4.33. The molecule has 5 N–H and O–H groups in total. The Labute approximate surface area is 262 Å². The summed E-state index contributed by atoms with van der Waals surface area (Å²) in [7, 11) is 0. The van der Waals surface area contributed by atoms with Gasteiger partial charge in [0.05, 0.1) is 17.7 Å². The molecule has 2 aromatic rings. The first-order valence-corrected chi connectivity index (χ1v) is 15.4. The summed E-state index contributed by atoms with van der Waals surface area (Å²) in [6.45, 7) is 11.3. The molecule has 11 heteroatoms. The summed E-state index contributed by atoms with van der Waals surface area (Å²) in [5, 5.41) is 22.0. The van der Waals surface area contributed by atoms with Crippen LogP contribution in [0.1, 0.15) is 71.7 Å². The topological polar surface area (TPSA) is 165 Å². The Morgan fingerprint density at radius 1 is 0.932 bits per heavy atom. The van der Waals surface area contributed by atoms with E-state index in [0.29, 0.717) is 49.1 Å². The van der Waals surface area contributed by atoms with Crippen LogP contribution in [-0.2, 0) is 51.3 Å². The summed E-state index contributed by atoms with van der Waals surface area (Å²) in [5.41, 5.74) is 9.96. The van der Waals surface area contributed by atoms with Crippen LogP contribution in [0.4, 0.5) is 0 Å². The van der Waals surface area contributed by atoms with Crippen molar-refractivity contribution < 1.29 is 29.4 Å². The average Bonchev–Trinajstić information content (AvgIpc) is 3.60. The molecule has 2 amide bonds. The van der Waals surface area contributed by atoms with Crippen LogP contribution < -0.4 is 5.32 Å². The molecule has 2 aliphatic rings. The van der Waals surface area contributed by atoms with Crippen LogP contribution in [0.15, 0.2) is 40.4 Å². The van der Waals surface area contributed by atoms with Crippen molar-refractivity contribution in [2.45, 2.75) is 78.7 Å². The van der Waals surface area contributed by atoms with Crippen LogP contribution >= 0.6 is 12.6 Å². The van der Waals surface area contributed by atoms with Gasteiger partial charge in [-0.15, -0.1) is 0 Å². The number of aliphatic imine (C=N–C) groups is 1. The van der Waals surface area contributed by atoms with E-state index in [1.54, 1.807) is 0 Å². The van der Waals surface area contributed by atoms with Crippen LogP contribution in [0, 0.1) is 19.8 Å². The molecule has 4 heterocycles. The van der Waals surface area contributed by atoms with Crippen molar-refractivity contribution in [2.24, 2.45) is 10.9 Å². The molecule has 2 aliphatic heterocycles. The van der Waals surface area contributed by atoms with Crippen molar-refractivity contribution in [3.63, 3.8) is 0 Å². The second-order valence-electron chi connectivity index (χ2n) is 11.5. The van der Waals surface area contributed by atoms with Gasteiger partial charge in [-0.1, -0.05) is 18.7 Å². The zero-order valence-corrected chi connectivity index (χ0v) is 26.5. The van der Waals surface area contributed by atoms with Gasteiger partial charge in [0.25, 0.3) is 5.91 Å². The smallest absolute Gasteiger partial charge is 0.303 e. The van der Waals surface area contributed by atoms with Crippen molar-refractivity contribution in [3.8, 4) is 0 Å². The van der Waals surface area contributed by atoms with E-state index in [-0.39, 0.29) is 36.6 Å². The zero-order valence-electron chi connectivity index (χ0n) is 25.6. The fourth-order valence-corrected chi connectivity index (χ4v) is 6.52. The number of thiol groups is 1. The molecule has 0 saturated carbocycles. The van der Waals surface area contributed by atoms with Crippen molar-refractivity contribution in [1.29, 1.82) is 0 Å². The molecule has 2 atom stereocenters. The first kappa shape index (κ1) is 32.8. The summed E-state index contributed by atoms with van der Waals surface area (Å²) in [5.74, 6) is -1.89. The number of carboxylic acid groups (broad SMARTS) is 2. The van der Waals surface area contributed by atoms with E-state index in [4.69, 9.17) is 0 Å². The molecule has 0 aromatic carbocycles. The molecule has 234 valence electrons. The number of aromatic nitrogens is 2. The van der Waals surface area contributed by atoms with Crippen LogP contribution in [0.3, 0.4) is 0 Å². The number of allylic oxidation sites excluding steroid dienone is 1. The van der Waals surface area contributed by atoms with Crippen LogP contribution in [-0.4, -0.2) is 61.4 Å². The van der Waals surface area contributed by atoms with Gasteiger partial charge in [-0.05, 0) is 73.9 Å². The van der Waals surface area contributed by atoms with Gasteiger partial charge in [-0.2, -0.15) is 12.6 Å². The number of hydrogen-bond donors (Lipinski definition) is 6. The maximum absolute atomic E-state index is 12.5. The molecule has 44 heavy (non-hydrogen) atoms. The average molecular weight is 621 g/mol. The van der Waals surface area contributed by atoms with Crippen molar-refractivity contribution in [3.05, 3.63) is 80.5 Å². The Bertz CT molecular complexity index is 1620. The number of rotatable bonds is 14. The molecule has 0 bridgehead atoms. The highest BCUT2D eigenvalue weighted by atomic mass is 32.1. The number of carbonyl (C=O) groups is 4. The molecular weight excluding hydrogens is 580 g/mol. The largest absolute Gasteiger partial charge is 0.481 e. The molecule has 4 rings (SSSR count). The highest BCUT2D eigenvalue weighted by Gasteiger charge is 2.34. The number of carbonyl (C=O) groups excluding carboxylic acids is 2. The molecule has 2 aromatic heterocycles. The Morgan fingerprint density at radius 3 is 2.02 bits per heavy atom. The SMILES string of the molecule is C=CC1=C(C)C(Cc2[nH]c(Cc3[nH]c(C[C@@H]4NC(=O)[C@@H](C)/C4=C\CS)c(C)c3CCC(=O)O)c(CCC(=O)O)c2C)=NC1=O. The number of carboxylic acids is 2. The summed E-state index contributed by atoms with van der Waals surface area (Å²) < 4.78 is 0. The maximum Gasteiger partial charge on any atom is 0.303 e. The predicted octanol–water partition coefficient (Wildman–Crippen LogP) is 4.14. The van der Waals surface area contributed by atoms with Crippen molar-refractivity contribution >= 4 is 42.1 Å². The van der Waals surface area contributed by atoms with Crippen molar-refractivity contribution in [2.75, 3.05) is 5.75 Å². The lowest BCUT2D eigenvalue weighted by atomic mass is 9.94. The van der Waals surface area contributed by atoms with E-state index >= 15 is 0 Å². The maximum atomic E-state index is 12.5. The second-order valence-corrected chi connectivity index (χ2v) is 11.9. The lowest BCUT2D eigenvalue weighted by molar-refractivity contribution is -0.138. The minimum absolute atomic E-state index is 0.0325. The van der Waals surface area contributed by atoms with E-state index in [2.05, 4.69) is 39.5 Å². The Balaban J connectivity index is 1.72. The van der Waals surface area contributed by atoms with Gasteiger partial charge in [0.1, 0.15) is 0 Å². The first-order chi connectivity index (χ1) is 20.9. The second kappa shape index (κ2) is 13.7. The lowest BCUT2D eigenvalue weighted by Gasteiger charge is -2.13. The quantitative estimate of drug-likeness (QED) is 0.137. The van der Waals surface area contributed by atoms with Gasteiger partial charge in [0.2, 0.25) is 5.91 Å². The predicted molar refractivity (Wildman–Crippen MR) is 172 cm³/mol. The molecule has 1 fully saturated rings. The molecule has 0 spiro atoms. The fourth-order valence-electron chi connectivity index (χ4n) is 6.31. The standard InChI is InChI=1S/C33H40N4O6S/c1-6-20-16(2)26(36-33(20)43)13-24-17(3)21(7-9-30(38)39)27(34-24)15-28-22(8-10-31(40)41)18(4)25(35-28)14-29-23(11-12-44)19(5)32(42)37-29/h6,11,19,29,34-35,44H,1,7-10,12-15H2,2-5H3,(H,37,42)(H,38,39)(H,40,41)/b23-11+/t19-,29-/m0/s1. The van der Waals surface area contributed by atoms with Crippen LogP contribution in [0.25, 0.3) is 0 Å². The summed E-state index contributed by atoms with van der Waals surface area (Å²) in [6, 6.07) is -0.195. The Morgan fingerprint density at radius 2 is 1.50 bits per heavy atom. The molecule has 0 unspecified atom stereocenters. The van der Waals surface area contributed by atoms with Gasteiger partial charge in [0, 0.05) is 66.2 Å². The van der Waals surface area contributed by atoms with Gasteiger partial charge in [-0.3, -0.25) is 19.2 Å². The van der Waals surface area contributed by atoms with Crippen LogP contribution in [0.2, 0.25) is 0 Å². The lowest BCUT2D eigenvalue weighted by Crippen LogP contribution is -2.28. The molecule has 1 saturated heterocycles. The van der Waals surface area contributed by atoms with E-state index in [9.17, 15) is 29.4 Å². The number of amides is 2. The van der Waals surface area contributed by atoms with E-state index in [0.717, 1.165) is 56.2 Å². The van der Waals surface area contributed by atoms with E-state index in [1.807, 2.05) is 33.8 Å². The van der Waals surface area contributed by atoms with Gasteiger partial charge in [-0.25, -0.2) is 4.99 Å². The summed E-state index contributed by atoms with van der Waals surface area (Å²) in [6.07, 6.45) is 5.32. The monoisotopic (exact) mass is 620 g/mol. The number of H-pyrrole nitrogens is 2. The number of nitrogens with zero attached hydrogens (tertiary/aromatic N) is 1. The first-order valence-electron chi connectivity index (χ1n) is 14.7. The Kier molecular flexibility index (Phi) is 10.2. The van der Waals surface area contributed by atoms with Gasteiger partial charge in [0.15, 0.2) is 0 Å².